The predicted octanol–water partition coefficient (Wildman–Crippen LogP) is 4.10. The Kier molecular flexibility index (Phi) is 6.68. The highest BCUT2D eigenvalue weighted by atomic mass is 19.1. The summed E-state index contributed by atoms with van der Waals surface area (Å²) in [6.07, 6.45) is 4.15. The van der Waals surface area contributed by atoms with Gasteiger partial charge in [0.1, 0.15) is 12.1 Å². The van der Waals surface area contributed by atoms with E-state index in [9.17, 15) is 18.8 Å². The molecule has 0 aliphatic carbocycles. The standard InChI is InChI=1S/C24H23FN4O4/c25-18-4-2-6-21(14-18)26-22(30)16-3-1-5-20(13-16)28-24(32)27-19-7-10-29(11-8-19)23(31)17-9-12-33-15-17/h1-6,9,12-15,19H,7-8,10-11H2,(H,26,30)(H2,27,28,32). The number of likely N-dealkylation sites (tertiary alicyclic amines) is 1. The monoisotopic (exact) mass is 450 g/mol. The molecule has 33 heavy (non-hydrogen) atoms. The molecule has 0 saturated carbocycles. The van der Waals surface area contributed by atoms with Gasteiger partial charge in [0.25, 0.3) is 11.8 Å². The normalized spacial score (nSPS) is 13.9. The fourth-order valence-corrected chi connectivity index (χ4v) is 3.66. The number of carbonyl (C=O) groups excluding carboxylic acids is 3. The predicted molar refractivity (Wildman–Crippen MR) is 121 cm³/mol. The van der Waals surface area contributed by atoms with E-state index in [2.05, 4.69) is 16.0 Å². The smallest absolute Gasteiger partial charge is 0.319 e. The molecule has 2 aromatic carbocycles. The number of carbonyl (C=O) groups is 3. The largest absolute Gasteiger partial charge is 0.472 e. The molecule has 170 valence electrons. The maximum atomic E-state index is 13.3. The summed E-state index contributed by atoms with van der Waals surface area (Å²) in [7, 11) is 0. The maximum Gasteiger partial charge on any atom is 0.319 e. The van der Waals surface area contributed by atoms with Crippen molar-refractivity contribution in [1.29, 1.82) is 0 Å². The Morgan fingerprint density at radius 1 is 0.909 bits per heavy atom. The number of hydrogen-bond donors (Lipinski definition) is 3. The van der Waals surface area contributed by atoms with Crippen LogP contribution in [0.4, 0.5) is 20.6 Å². The average molecular weight is 450 g/mol. The number of rotatable bonds is 5. The van der Waals surface area contributed by atoms with E-state index in [0.29, 0.717) is 48.4 Å². The van der Waals surface area contributed by atoms with Gasteiger partial charge in [0.15, 0.2) is 0 Å². The van der Waals surface area contributed by atoms with Gasteiger partial charge < -0.3 is 25.3 Å². The van der Waals surface area contributed by atoms with Crippen molar-refractivity contribution < 1.29 is 23.2 Å². The van der Waals surface area contributed by atoms with Crippen molar-refractivity contribution in [3.05, 3.63) is 84.1 Å². The first-order valence-corrected chi connectivity index (χ1v) is 10.5. The summed E-state index contributed by atoms with van der Waals surface area (Å²) in [5.74, 6) is -0.948. The first-order chi connectivity index (χ1) is 16.0. The average Bonchev–Trinajstić information content (AvgIpc) is 3.34. The van der Waals surface area contributed by atoms with Gasteiger partial charge in [-0.05, 0) is 55.3 Å². The Morgan fingerprint density at radius 2 is 1.64 bits per heavy atom. The Balaban J connectivity index is 1.27. The number of anilines is 2. The van der Waals surface area contributed by atoms with E-state index in [1.165, 1.54) is 30.7 Å². The van der Waals surface area contributed by atoms with Gasteiger partial charge in [-0.2, -0.15) is 0 Å². The number of furan rings is 1. The second-order valence-electron chi connectivity index (χ2n) is 7.72. The van der Waals surface area contributed by atoms with Crippen LogP contribution in [0.15, 0.2) is 71.5 Å². The van der Waals surface area contributed by atoms with E-state index >= 15 is 0 Å². The summed E-state index contributed by atoms with van der Waals surface area (Å²) in [6.45, 7) is 1.06. The molecule has 8 nitrogen and oxygen atoms in total. The third kappa shape index (κ3) is 5.76. The molecule has 3 aromatic rings. The second-order valence-corrected chi connectivity index (χ2v) is 7.72. The Labute approximate surface area is 189 Å². The summed E-state index contributed by atoms with van der Waals surface area (Å²) in [4.78, 5) is 39.0. The van der Waals surface area contributed by atoms with Gasteiger partial charge in [-0.25, -0.2) is 9.18 Å². The highest BCUT2D eigenvalue weighted by molar-refractivity contribution is 6.05. The van der Waals surface area contributed by atoms with Crippen LogP contribution in [-0.2, 0) is 0 Å². The zero-order chi connectivity index (χ0) is 23.2. The third-order valence-electron chi connectivity index (χ3n) is 5.35. The Morgan fingerprint density at radius 3 is 2.33 bits per heavy atom. The van der Waals surface area contributed by atoms with Gasteiger partial charge in [-0.15, -0.1) is 0 Å². The van der Waals surface area contributed by atoms with Crippen LogP contribution in [-0.4, -0.2) is 41.9 Å². The van der Waals surface area contributed by atoms with E-state index in [-0.39, 0.29) is 11.9 Å². The fourth-order valence-electron chi connectivity index (χ4n) is 3.66. The molecular weight excluding hydrogens is 427 g/mol. The fraction of sp³-hybridized carbons (Fsp3) is 0.208. The van der Waals surface area contributed by atoms with Crippen LogP contribution in [0.3, 0.4) is 0 Å². The van der Waals surface area contributed by atoms with Crippen LogP contribution in [0, 0.1) is 5.82 Å². The molecule has 0 atom stereocenters. The van der Waals surface area contributed by atoms with Gasteiger partial charge in [0, 0.05) is 36.1 Å². The van der Waals surface area contributed by atoms with Crippen molar-refractivity contribution in [2.45, 2.75) is 18.9 Å². The number of benzene rings is 2. The van der Waals surface area contributed by atoms with Gasteiger partial charge in [0.2, 0.25) is 0 Å². The lowest BCUT2D eigenvalue weighted by molar-refractivity contribution is 0.0708. The van der Waals surface area contributed by atoms with E-state index in [1.54, 1.807) is 41.3 Å². The van der Waals surface area contributed by atoms with Crippen LogP contribution in [0.25, 0.3) is 0 Å². The molecule has 1 aliphatic rings. The molecule has 2 heterocycles. The van der Waals surface area contributed by atoms with Crippen LogP contribution < -0.4 is 16.0 Å². The molecule has 4 amide bonds. The first kappa shape index (κ1) is 22.1. The van der Waals surface area contributed by atoms with Crippen molar-refractivity contribution in [1.82, 2.24) is 10.2 Å². The zero-order valence-electron chi connectivity index (χ0n) is 17.7. The molecule has 3 N–H and O–H groups in total. The molecule has 0 radical (unpaired) electrons. The maximum absolute atomic E-state index is 13.3. The second kappa shape index (κ2) is 9.99. The number of hydrogen-bond acceptors (Lipinski definition) is 4. The quantitative estimate of drug-likeness (QED) is 0.545. The van der Waals surface area contributed by atoms with Crippen LogP contribution in [0.1, 0.15) is 33.6 Å². The molecule has 1 aromatic heterocycles. The summed E-state index contributed by atoms with van der Waals surface area (Å²) in [6, 6.07) is 13.2. The molecule has 0 spiro atoms. The number of amides is 4. The lowest BCUT2D eigenvalue weighted by atomic mass is 10.0. The molecule has 4 rings (SSSR count). The highest BCUT2D eigenvalue weighted by Gasteiger charge is 2.25. The summed E-state index contributed by atoms with van der Waals surface area (Å²) in [5, 5.41) is 8.26. The SMILES string of the molecule is O=C(Nc1cccc(C(=O)Nc2cccc(F)c2)c1)NC1CCN(C(=O)c2ccoc2)CC1. The van der Waals surface area contributed by atoms with E-state index < -0.39 is 17.8 Å². The number of halogens is 1. The summed E-state index contributed by atoms with van der Waals surface area (Å²) in [5.41, 5.74) is 1.63. The van der Waals surface area contributed by atoms with E-state index in [1.807, 2.05) is 0 Å². The number of nitrogens with one attached hydrogen (secondary N) is 3. The minimum atomic E-state index is -0.448. The van der Waals surface area contributed by atoms with Crippen molar-refractivity contribution in [2.24, 2.45) is 0 Å². The Hall–Kier alpha value is -4.14. The van der Waals surface area contributed by atoms with Crippen molar-refractivity contribution in [3.8, 4) is 0 Å². The van der Waals surface area contributed by atoms with Gasteiger partial charge >= 0.3 is 6.03 Å². The number of nitrogens with zero attached hydrogens (tertiary/aromatic N) is 1. The summed E-state index contributed by atoms with van der Waals surface area (Å²) < 4.78 is 18.3. The summed E-state index contributed by atoms with van der Waals surface area (Å²) >= 11 is 0. The molecule has 1 fully saturated rings. The zero-order valence-corrected chi connectivity index (χ0v) is 17.7. The third-order valence-corrected chi connectivity index (χ3v) is 5.35. The minimum absolute atomic E-state index is 0.0714. The van der Waals surface area contributed by atoms with Crippen molar-refractivity contribution in [3.63, 3.8) is 0 Å². The van der Waals surface area contributed by atoms with Crippen LogP contribution in [0.2, 0.25) is 0 Å². The van der Waals surface area contributed by atoms with Gasteiger partial charge in [-0.1, -0.05) is 12.1 Å². The molecule has 0 bridgehead atoms. The topological polar surface area (TPSA) is 104 Å². The minimum Gasteiger partial charge on any atom is -0.472 e. The van der Waals surface area contributed by atoms with Crippen LogP contribution in [0.5, 0.6) is 0 Å². The van der Waals surface area contributed by atoms with Crippen molar-refractivity contribution in [2.75, 3.05) is 23.7 Å². The molecule has 0 unspecified atom stereocenters. The molecule has 1 aliphatic heterocycles. The number of piperidine rings is 1. The van der Waals surface area contributed by atoms with E-state index in [4.69, 9.17) is 4.42 Å². The van der Waals surface area contributed by atoms with Gasteiger partial charge in [0.05, 0.1) is 11.8 Å². The van der Waals surface area contributed by atoms with Crippen LogP contribution >= 0.6 is 0 Å². The molecular formula is C24H23FN4O4. The van der Waals surface area contributed by atoms with Gasteiger partial charge in [-0.3, -0.25) is 9.59 Å². The highest BCUT2D eigenvalue weighted by Crippen LogP contribution is 2.17. The molecule has 9 heteroatoms. The first-order valence-electron chi connectivity index (χ1n) is 10.5. The van der Waals surface area contributed by atoms with E-state index in [0.717, 1.165) is 0 Å². The van der Waals surface area contributed by atoms with Crippen molar-refractivity contribution >= 4 is 29.2 Å². The molecule has 1 saturated heterocycles. The lowest BCUT2D eigenvalue weighted by Crippen LogP contribution is -2.47. The lowest BCUT2D eigenvalue weighted by Gasteiger charge is -2.32. The Bertz CT molecular complexity index is 1140. The number of urea groups is 1.